The van der Waals surface area contributed by atoms with Crippen molar-refractivity contribution in [1.29, 1.82) is 0 Å². The molecule has 1 aromatic carbocycles. The number of benzene rings is 1. The molecule has 0 saturated carbocycles. The summed E-state index contributed by atoms with van der Waals surface area (Å²) >= 11 is 0. The highest BCUT2D eigenvalue weighted by atomic mass is 16.6. The summed E-state index contributed by atoms with van der Waals surface area (Å²) in [6, 6.07) is 1.87. The summed E-state index contributed by atoms with van der Waals surface area (Å²) in [5.41, 5.74) is 2.88. The monoisotopic (exact) mass is 410 g/mol. The van der Waals surface area contributed by atoms with Gasteiger partial charge >= 0.3 is 12.2 Å². The SMILES string of the molecule is CCOC(=O)NN(C(=O)OCC)c1c(O)c(C(C)(C)C)cc(C(C)(C)C)c1OC. The molecule has 0 atom stereocenters. The Morgan fingerprint density at radius 2 is 1.52 bits per heavy atom. The number of hydrazine groups is 1. The van der Waals surface area contributed by atoms with Crippen molar-refractivity contribution in [1.82, 2.24) is 5.43 Å². The number of nitrogens with one attached hydrogen (secondary N) is 1. The molecule has 0 bridgehead atoms. The summed E-state index contributed by atoms with van der Waals surface area (Å²) in [7, 11) is 1.44. The number of rotatable bonds is 4. The van der Waals surface area contributed by atoms with E-state index in [-0.39, 0.29) is 35.8 Å². The van der Waals surface area contributed by atoms with E-state index in [1.165, 1.54) is 7.11 Å². The number of carbonyl (C=O) groups excluding carboxylic acids is 2. The lowest BCUT2D eigenvalue weighted by Gasteiger charge is -2.32. The number of anilines is 1. The summed E-state index contributed by atoms with van der Waals surface area (Å²) in [6.07, 6.45) is -1.74. The van der Waals surface area contributed by atoms with Crippen molar-refractivity contribution in [3.63, 3.8) is 0 Å². The second kappa shape index (κ2) is 9.24. The van der Waals surface area contributed by atoms with E-state index in [1.807, 2.05) is 47.6 Å². The van der Waals surface area contributed by atoms with E-state index in [1.54, 1.807) is 13.8 Å². The molecule has 8 nitrogen and oxygen atoms in total. The van der Waals surface area contributed by atoms with E-state index in [4.69, 9.17) is 14.2 Å². The third-order valence-corrected chi connectivity index (χ3v) is 4.20. The quantitative estimate of drug-likeness (QED) is 0.703. The molecule has 0 radical (unpaired) electrons. The maximum absolute atomic E-state index is 12.7. The number of aromatic hydroxyl groups is 1. The molecule has 0 fully saturated rings. The van der Waals surface area contributed by atoms with Gasteiger partial charge in [-0.25, -0.2) is 15.0 Å². The molecule has 8 heteroatoms. The van der Waals surface area contributed by atoms with Gasteiger partial charge in [0.25, 0.3) is 0 Å². The fraction of sp³-hybridized carbons (Fsp3) is 0.619. The van der Waals surface area contributed by atoms with E-state index < -0.39 is 17.6 Å². The first-order chi connectivity index (χ1) is 13.3. The van der Waals surface area contributed by atoms with Gasteiger partial charge < -0.3 is 19.3 Å². The highest BCUT2D eigenvalue weighted by molar-refractivity contribution is 5.95. The maximum atomic E-state index is 12.7. The minimum atomic E-state index is -0.875. The number of phenols is 1. The van der Waals surface area contributed by atoms with Crippen LogP contribution >= 0.6 is 0 Å². The largest absolute Gasteiger partial charge is 0.505 e. The van der Waals surface area contributed by atoms with E-state index >= 15 is 0 Å². The van der Waals surface area contributed by atoms with E-state index in [0.717, 1.165) is 10.6 Å². The van der Waals surface area contributed by atoms with E-state index in [9.17, 15) is 14.7 Å². The molecule has 2 N–H and O–H groups in total. The number of hydrogen-bond donors (Lipinski definition) is 2. The molecular weight excluding hydrogens is 376 g/mol. The Labute approximate surface area is 173 Å². The first-order valence-corrected chi connectivity index (χ1v) is 9.64. The fourth-order valence-corrected chi connectivity index (χ4v) is 2.82. The molecule has 0 saturated heterocycles. The Balaban J connectivity index is 3.89. The highest BCUT2D eigenvalue weighted by Gasteiger charge is 2.35. The van der Waals surface area contributed by atoms with Gasteiger partial charge in [-0.05, 0) is 30.7 Å². The lowest BCUT2D eigenvalue weighted by Crippen LogP contribution is -2.47. The summed E-state index contributed by atoms with van der Waals surface area (Å²) < 4.78 is 15.6. The second-order valence-electron chi connectivity index (χ2n) is 8.57. The number of amides is 2. The number of methoxy groups -OCH3 is 1. The number of nitrogens with zero attached hydrogens (tertiary/aromatic N) is 1. The normalized spacial score (nSPS) is 11.6. The molecule has 164 valence electrons. The maximum Gasteiger partial charge on any atom is 0.433 e. The molecule has 1 aromatic rings. The molecule has 2 amide bonds. The number of ether oxygens (including phenoxy) is 3. The Morgan fingerprint density at radius 1 is 1.00 bits per heavy atom. The lowest BCUT2D eigenvalue weighted by molar-refractivity contribution is 0.138. The zero-order chi connectivity index (χ0) is 22.6. The van der Waals surface area contributed by atoms with Crippen molar-refractivity contribution in [3.8, 4) is 11.5 Å². The van der Waals surface area contributed by atoms with Crippen LogP contribution in [-0.2, 0) is 20.3 Å². The number of carbonyl (C=O) groups is 2. The zero-order valence-electron chi connectivity index (χ0n) is 18.9. The third-order valence-electron chi connectivity index (χ3n) is 4.20. The number of phenolic OH excluding ortho intramolecular Hbond substituents is 1. The number of hydrogen-bond acceptors (Lipinski definition) is 6. The highest BCUT2D eigenvalue weighted by Crippen LogP contribution is 2.49. The van der Waals surface area contributed by atoms with Crippen LogP contribution in [0.15, 0.2) is 6.07 Å². The van der Waals surface area contributed by atoms with Crippen LogP contribution in [0.25, 0.3) is 0 Å². The first-order valence-electron chi connectivity index (χ1n) is 9.64. The van der Waals surface area contributed by atoms with Crippen LogP contribution in [0.4, 0.5) is 15.3 Å². The van der Waals surface area contributed by atoms with Crippen molar-refractivity contribution in [2.45, 2.75) is 66.2 Å². The van der Waals surface area contributed by atoms with Gasteiger partial charge in [-0.1, -0.05) is 41.5 Å². The van der Waals surface area contributed by atoms with Crippen LogP contribution in [0.3, 0.4) is 0 Å². The van der Waals surface area contributed by atoms with Gasteiger partial charge in [0.1, 0.15) is 5.75 Å². The Bertz CT molecular complexity index is 747. The average Bonchev–Trinajstić information content (AvgIpc) is 2.57. The Hall–Kier alpha value is -2.64. The van der Waals surface area contributed by atoms with Gasteiger partial charge in [0.2, 0.25) is 0 Å². The summed E-state index contributed by atoms with van der Waals surface area (Å²) in [6.45, 7) is 15.3. The molecule has 0 aliphatic heterocycles. The Morgan fingerprint density at radius 3 is 1.93 bits per heavy atom. The van der Waals surface area contributed by atoms with Crippen molar-refractivity contribution < 1.29 is 28.9 Å². The summed E-state index contributed by atoms with van der Waals surface area (Å²) in [4.78, 5) is 24.8. The van der Waals surface area contributed by atoms with E-state index in [0.29, 0.717) is 5.56 Å². The molecule has 1 rings (SSSR count). The fourth-order valence-electron chi connectivity index (χ4n) is 2.82. The van der Waals surface area contributed by atoms with Gasteiger partial charge in [-0.15, -0.1) is 0 Å². The molecule has 0 aromatic heterocycles. The standard InChI is InChI=1S/C21H34N2O6/c1-10-28-18(25)22-23(19(26)29-11-2)15-16(24)13(20(3,4)5)12-14(17(15)27-9)21(6,7)8/h12,24H,10-11H2,1-9H3,(H,22,25). The molecule has 29 heavy (non-hydrogen) atoms. The average molecular weight is 411 g/mol. The lowest BCUT2D eigenvalue weighted by atomic mass is 9.79. The predicted octanol–water partition coefficient (Wildman–Crippen LogP) is 4.62. The van der Waals surface area contributed by atoms with Crippen LogP contribution in [0.5, 0.6) is 11.5 Å². The summed E-state index contributed by atoms with van der Waals surface area (Å²) in [5.74, 6) is 0.0695. The van der Waals surface area contributed by atoms with Crippen LogP contribution in [0.2, 0.25) is 0 Å². The van der Waals surface area contributed by atoms with Crippen molar-refractivity contribution >= 4 is 17.9 Å². The van der Waals surface area contributed by atoms with Crippen LogP contribution in [0, 0.1) is 0 Å². The van der Waals surface area contributed by atoms with Gasteiger partial charge in [-0.3, -0.25) is 0 Å². The van der Waals surface area contributed by atoms with Gasteiger partial charge in [0.05, 0.1) is 20.3 Å². The molecule has 0 spiro atoms. The zero-order valence-corrected chi connectivity index (χ0v) is 18.9. The molecule has 0 aliphatic rings. The van der Waals surface area contributed by atoms with E-state index in [2.05, 4.69) is 5.43 Å². The van der Waals surface area contributed by atoms with Crippen molar-refractivity contribution in [2.75, 3.05) is 25.3 Å². The van der Waals surface area contributed by atoms with Gasteiger partial charge in [0.15, 0.2) is 11.4 Å². The van der Waals surface area contributed by atoms with Crippen LogP contribution in [0.1, 0.15) is 66.5 Å². The van der Waals surface area contributed by atoms with Gasteiger partial charge in [0, 0.05) is 11.1 Å². The Kier molecular flexibility index (Phi) is 7.77. The van der Waals surface area contributed by atoms with Gasteiger partial charge in [-0.2, -0.15) is 5.01 Å². The minimum absolute atomic E-state index is 0.00338. The van der Waals surface area contributed by atoms with Crippen molar-refractivity contribution in [3.05, 3.63) is 17.2 Å². The van der Waals surface area contributed by atoms with Crippen molar-refractivity contribution in [2.24, 2.45) is 0 Å². The second-order valence-corrected chi connectivity index (χ2v) is 8.57. The third kappa shape index (κ3) is 5.68. The smallest absolute Gasteiger partial charge is 0.433 e. The predicted molar refractivity (Wildman–Crippen MR) is 112 cm³/mol. The minimum Gasteiger partial charge on any atom is -0.505 e. The topological polar surface area (TPSA) is 97.3 Å². The molecule has 0 aliphatic carbocycles. The van der Waals surface area contributed by atoms with Crippen LogP contribution in [-0.4, -0.2) is 37.6 Å². The van der Waals surface area contributed by atoms with Crippen LogP contribution < -0.4 is 15.2 Å². The molecule has 0 heterocycles. The molecular formula is C21H34N2O6. The molecule has 0 unspecified atom stereocenters. The first kappa shape index (κ1) is 24.4. The summed E-state index contributed by atoms with van der Waals surface area (Å²) in [5, 5.41) is 12.0.